The highest BCUT2D eigenvalue weighted by Crippen LogP contribution is 2.21. The molecular weight excluding hydrogens is 280 g/mol. The molecule has 5 nitrogen and oxygen atoms in total. The minimum atomic E-state index is -0.481. The zero-order valence-corrected chi connectivity index (χ0v) is 13.3. The van der Waals surface area contributed by atoms with Crippen LogP contribution in [-0.2, 0) is 4.79 Å². The average Bonchev–Trinajstić information content (AvgIpc) is 2.44. The van der Waals surface area contributed by atoms with Crippen LogP contribution in [-0.4, -0.2) is 29.6 Å². The third-order valence-corrected chi connectivity index (χ3v) is 3.40. The van der Waals surface area contributed by atoms with Gasteiger partial charge in [-0.2, -0.15) is 0 Å². The van der Waals surface area contributed by atoms with Crippen LogP contribution in [0.2, 0.25) is 0 Å². The van der Waals surface area contributed by atoms with Crippen LogP contribution in [0, 0.1) is 5.41 Å². The molecule has 120 valence electrons. The molecule has 4 N–H and O–H groups in total. The molecule has 0 saturated heterocycles. The zero-order valence-electron chi connectivity index (χ0n) is 13.3. The molecule has 2 amide bonds. The van der Waals surface area contributed by atoms with Gasteiger partial charge in [0.15, 0.2) is 0 Å². The Balaban J connectivity index is 2.68. The van der Waals surface area contributed by atoms with Gasteiger partial charge in [-0.1, -0.05) is 32.9 Å². The van der Waals surface area contributed by atoms with Crippen molar-refractivity contribution in [3.05, 3.63) is 41.5 Å². The van der Waals surface area contributed by atoms with Crippen molar-refractivity contribution >= 4 is 17.9 Å². The van der Waals surface area contributed by atoms with E-state index in [4.69, 9.17) is 10.8 Å². The van der Waals surface area contributed by atoms with Crippen molar-refractivity contribution in [3.63, 3.8) is 0 Å². The number of carbonyl (C=O) groups is 2. The van der Waals surface area contributed by atoms with Crippen LogP contribution in [0.1, 0.15) is 43.1 Å². The molecule has 0 radical (unpaired) electrons. The Kier molecular flexibility index (Phi) is 6.31. The maximum atomic E-state index is 12.0. The van der Waals surface area contributed by atoms with Crippen LogP contribution < -0.4 is 11.1 Å². The molecule has 1 unspecified atom stereocenters. The predicted molar refractivity (Wildman–Crippen MR) is 87.1 cm³/mol. The smallest absolute Gasteiger partial charge is 0.248 e. The summed E-state index contributed by atoms with van der Waals surface area (Å²) in [6.45, 7) is 6.07. The topological polar surface area (TPSA) is 92.4 Å². The summed E-state index contributed by atoms with van der Waals surface area (Å²) in [7, 11) is 0. The standard InChI is InChI=1S/C17H24N2O3/c1-17(2,3)14(10-11-20)19-15(21)9-6-12-4-7-13(8-5-12)16(18)22/h4-9,14,20H,10-11H2,1-3H3,(H2,18,22)(H,19,21)/b9-6+. The first-order chi connectivity index (χ1) is 10.2. The lowest BCUT2D eigenvalue weighted by Crippen LogP contribution is -2.43. The van der Waals surface area contributed by atoms with Gasteiger partial charge in [0.2, 0.25) is 11.8 Å². The number of nitrogens with one attached hydrogen (secondary N) is 1. The molecule has 0 aliphatic heterocycles. The molecule has 1 atom stereocenters. The van der Waals surface area contributed by atoms with Gasteiger partial charge in [-0.25, -0.2) is 0 Å². The summed E-state index contributed by atoms with van der Waals surface area (Å²) in [6, 6.07) is 6.57. The lowest BCUT2D eigenvalue weighted by molar-refractivity contribution is -0.118. The first-order valence-electron chi connectivity index (χ1n) is 7.23. The van der Waals surface area contributed by atoms with Gasteiger partial charge in [0.25, 0.3) is 0 Å². The fourth-order valence-corrected chi connectivity index (χ4v) is 2.00. The molecule has 0 aromatic heterocycles. The van der Waals surface area contributed by atoms with Crippen molar-refractivity contribution in [3.8, 4) is 0 Å². The highest BCUT2D eigenvalue weighted by atomic mass is 16.3. The summed E-state index contributed by atoms with van der Waals surface area (Å²) in [4.78, 5) is 22.9. The molecule has 5 heteroatoms. The van der Waals surface area contributed by atoms with Crippen LogP contribution in [0.15, 0.2) is 30.3 Å². The van der Waals surface area contributed by atoms with Crippen LogP contribution in [0.4, 0.5) is 0 Å². The van der Waals surface area contributed by atoms with E-state index in [-0.39, 0.29) is 24.0 Å². The largest absolute Gasteiger partial charge is 0.396 e. The second-order valence-electron chi connectivity index (χ2n) is 6.26. The number of carbonyl (C=O) groups excluding carboxylic acids is 2. The van der Waals surface area contributed by atoms with Crippen molar-refractivity contribution in [1.82, 2.24) is 5.32 Å². The summed E-state index contributed by atoms with van der Waals surface area (Å²) >= 11 is 0. The number of nitrogens with two attached hydrogens (primary N) is 1. The Morgan fingerprint density at radius 1 is 1.27 bits per heavy atom. The van der Waals surface area contributed by atoms with Gasteiger partial charge in [0.1, 0.15) is 0 Å². The molecule has 0 aliphatic carbocycles. The van der Waals surface area contributed by atoms with Crippen LogP contribution in [0.25, 0.3) is 6.08 Å². The van der Waals surface area contributed by atoms with E-state index < -0.39 is 5.91 Å². The van der Waals surface area contributed by atoms with Gasteiger partial charge >= 0.3 is 0 Å². The molecule has 1 aromatic carbocycles. The Morgan fingerprint density at radius 3 is 2.32 bits per heavy atom. The van der Waals surface area contributed by atoms with E-state index in [0.717, 1.165) is 5.56 Å². The van der Waals surface area contributed by atoms with Gasteiger partial charge < -0.3 is 16.2 Å². The van der Waals surface area contributed by atoms with E-state index in [1.165, 1.54) is 6.08 Å². The van der Waals surface area contributed by atoms with E-state index >= 15 is 0 Å². The minimum Gasteiger partial charge on any atom is -0.396 e. The molecular formula is C17H24N2O3. The van der Waals surface area contributed by atoms with Crippen molar-refractivity contribution < 1.29 is 14.7 Å². The van der Waals surface area contributed by atoms with Gasteiger partial charge in [-0.15, -0.1) is 0 Å². The average molecular weight is 304 g/mol. The maximum absolute atomic E-state index is 12.0. The third kappa shape index (κ3) is 5.69. The molecule has 1 rings (SSSR count). The fourth-order valence-electron chi connectivity index (χ4n) is 2.00. The Morgan fingerprint density at radius 2 is 1.86 bits per heavy atom. The van der Waals surface area contributed by atoms with Gasteiger partial charge in [0, 0.05) is 24.3 Å². The van der Waals surface area contributed by atoms with Crippen LogP contribution in [0.3, 0.4) is 0 Å². The molecule has 0 spiro atoms. The van der Waals surface area contributed by atoms with Crippen molar-refractivity contribution in [2.75, 3.05) is 6.61 Å². The first-order valence-corrected chi connectivity index (χ1v) is 7.23. The number of hydrogen-bond acceptors (Lipinski definition) is 3. The number of primary amides is 1. The Labute approximate surface area is 131 Å². The molecule has 0 saturated carbocycles. The quantitative estimate of drug-likeness (QED) is 0.699. The minimum absolute atomic E-state index is 0.0283. The summed E-state index contributed by atoms with van der Waals surface area (Å²) in [6.07, 6.45) is 3.62. The van der Waals surface area contributed by atoms with Crippen LogP contribution in [0.5, 0.6) is 0 Å². The molecule has 0 bridgehead atoms. The van der Waals surface area contributed by atoms with Gasteiger partial charge in [0.05, 0.1) is 0 Å². The number of amides is 2. The zero-order chi connectivity index (χ0) is 16.8. The van der Waals surface area contributed by atoms with Crippen molar-refractivity contribution in [1.29, 1.82) is 0 Å². The summed E-state index contributed by atoms with van der Waals surface area (Å²) < 4.78 is 0. The van der Waals surface area contributed by atoms with Gasteiger partial charge in [-0.05, 0) is 35.6 Å². The number of aliphatic hydroxyl groups is 1. The van der Waals surface area contributed by atoms with Crippen LogP contribution >= 0.6 is 0 Å². The number of hydrogen-bond donors (Lipinski definition) is 3. The number of rotatable bonds is 6. The highest BCUT2D eigenvalue weighted by molar-refractivity contribution is 5.94. The lowest BCUT2D eigenvalue weighted by Gasteiger charge is -2.30. The molecule has 22 heavy (non-hydrogen) atoms. The maximum Gasteiger partial charge on any atom is 0.248 e. The molecule has 0 aliphatic rings. The number of aliphatic hydroxyl groups excluding tert-OH is 1. The normalized spacial score (nSPS) is 13.1. The second-order valence-corrected chi connectivity index (χ2v) is 6.26. The molecule has 0 fully saturated rings. The SMILES string of the molecule is CC(C)(C)C(CCO)NC(=O)/C=C/c1ccc(C(N)=O)cc1. The number of benzene rings is 1. The Hall–Kier alpha value is -2.14. The van der Waals surface area contributed by atoms with E-state index in [1.807, 2.05) is 20.8 Å². The van der Waals surface area contributed by atoms with Gasteiger partial charge in [-0.3, -0.25) is 9.59 Å². The molecule has 1 aromatic rings. The van der Waals surface area contributed by atoms with Crippen molar-refractivity contribution in [2.45, 2.75) is 33.2 Å². The predicted octanol–water partition coefficient (Wildman–Crippen LogP) is 1.71. The van der Waals surface area contributed by atoms with E-state index in [1.54, 1.807) is 30.3 Å². The Bertz CT molecular complexity index is 542. The summed E-state index contributed by atoms with van der Waals surface area (Å²) in [5.74, 6) is -0.697. The van der Waals surface area contributed by atoms with E-state index in [2.05, 4.69) is 5.32 Å². The first kappa shape index (κ1) is 17.9. The molecule has 0 heterocycles. The summed E-state index contributed by atoms with van der Waals surface area (Å²) in [5, 5.41) is 12.0. The summed E-state index contributed by atoms with van der Waals surface area (Å²) in [5.41, 5.74) is 6.27. The van der Waals surface area contributed by atoms with E-state index in [0.29, 0.717) is 12.0 Å². The fraction of sp³-hybridized carbons (Fsp3) is 0.412. The highest BCUT2D eigenvalue weighted by Gasteiger charge is 2.24. The van der Waals surface area contributed by atoms with E-state index in [9.17, 15) is 9.59 Å². The lowest BCUT2D eigenvalue weighted by atomic mass is 9.85. The third-order valence-electron chi connectivity index (χ3n) is 3.40. The van der Waals surface area contributed by atoms with Crippen molar-refractivity contribution in [2.24, 2.45) is 11.1 Å². The monoisotopic (exact) mass is 304 g/mol. The second kappa shape index (κ2) is 7.75.